The largest absolute Gasteiger partial charge is 0.377 e. The lowest BCUT2D eigenvalue weighted by molar-refractivity contribution is -0.118. The molecule has 0 heterocycles. The first-order valence-electron chi connectivity index (χ1n) is 5.52. The third kappa shape index (κ3) is 5.40. The van der Waals surface area contributed by atoms with Crippen LogP contribution in [0.2, 0.25) is 0 Å². The first-order chi connectivity index (χ1) is 7.34. The van der Waals surface area contributed by atoms with Gasteiger partial charge in [0.2, 0.25) is 0 Å². The van der Waals surface area contributed by atoms with E-state index in [9.17, 15) is 4.79 Å². The molecular weight excluding hydrogens is 202 g/mol. The molecule has 0 spiro atoms. The van der Waals surface area contributed by atoms with Crippen LogP contribution in [0.25, 0.3) is 0 Å². The second-order valence-electron chi connectivity index (χ2n) is 4.58. The summed E-state index contributed by atoms with van der Waals surface area (Å²) in [5, 5.41) is 11.7. The number of carbonyl (C=O) groups is 1. The van der Waals surface area contributed by atoms with Crippen molar-refractivity contribution in [3.05, 3.63) is 11.8 Å². The fourth-order valence-electron chi connectivity index (χ4n) is 1.13. The summed E-state index contributed by atoms with van der Waals surface area (Å²) in [6, 6.07) is 1.93. The molecule has 4 heteroatoms. The number of amides is 1. The van der Waals surface area contributed by atoms with Crippen molar-refractivity contribution in [3.8, 4) is 6.07 Å². The zero-order chi connectivity index (χ0) is 12.8. The van der Waals surface area contributed by atoms with Gasteiger partial charge < -0.3 is 10.2 Å². The van der Waals surface area contributed by atoms with Crippen molar-refractivity contribution >= 4 is 5.91 Å². The Bertz CT molecular complexity index is 303. The highest BCUT2D eigenvalue weighted by Crippen LogP contribution is 2.03. The van der Waals surface area contributed by atoms with E-state index in [1.807, 2.05) is 45.6 Å². The molecule has 0 fully saturated rings. The number of rotatable bonds is 4. The van der Waals surface area contributed by atoms with Gasteiger partial charge in [-0.05, 0) is 34.6 Å². The van der Waals surface area contributed by atoms with Crippen LogP contribution in [0.4, 0.5) is 0 Å². The van der Waals surface area contributed by atoms with Gasteiger partial charge in [0.1, 0.15) is 11.6 Å². The molecule has 0 saturated heterocycles. The van der Waals surface area contributed by atoms with E-state index in [1.54, 1.807) is 6.20 Å². The molecule has 0 saturated carbocycles. The third-order valence-electron chi connectivity index (χ3n) is 1.98. The number of nitriles is 1. The summed E-state index contributed by atoms with van der Waals surface area (Å²) < 4.78 is 0. The van der Waals surface area contributed by atoms with E-state index in [1.165, 1.54) is 0 Å². The van der Waals surface area contributed by atoms with E-state index in [0.29, 0.717) is 0 Å². The molecule has 90 valence electrons. The molecule has 0 unspecified atom stereocenters. The van der Waals surface area contributed by atoms with Gasteiger partial charge in [-0.3, -0.25) is 4.79 Å². The van der Waals surface area contributed by atoms with Gasteiger partial charge in [0, 0.05) is 24.8 Å². The molecule has 4 nitrogen and oxygen atoms in total. The molecule has 0 radical (unpaired) electrons. The van der Waals surface area contributed by atoms with Crippen LogP contribution in [0.15, 0.2) is 11.8 Å². The minimum atomic E-state index is -0.323. The van der Waals surface area contributed by atoms with Crippen molar-refractivity contribution in [1.29, 1.82) is 5.26 Å². The average molecular weight is 223 g/mol. The quantitative estimate of drug-likeness (QED) is 0.582. The predicted molar refractivity (Wildman–Crippen MR) is 64.5 cm³/mol. The van der Waals surface area contributed by atoms with Crippen LogP contribution in [0.1, 0.15) is 34.6 Å². The molecule has 16 heavy (non-hydrogen) atoms. The molecule has 0 atom stereocenters. The number of hydrogen-bond donors (Lipinski definition) is 1. The lowest BCUT2D eigenvalue weighted by Crippen LogP contribution is -2.41. The summed E-state index contributed by atoms with van der Waals surface area (Å²) in [5.41, 5.74) is -0.172. The third-order valence-corrected chi connectivity index (χ3v) is 1.98. The van der Waals surface area contributed by atoms with Gasteiger partial charge in [0.25, 0.3) is 5.91 Å². The Morgan fingerprint density at radius 3 is 2.19 bits per heavy atom. The summed E-state index contributed by atoms with van der Waals surface area (Å²) in [7, 11) is 0. The van der Waals surface area contributed by atoms with Crippen molar-refractivity contribution in [2.75, 3.05) is 13.1 Å². The van der Waals surface area contributed by atoms with Crippen LogP contribution in [0, 0.1) is 11.3 Å². The molecule has 0 aliphatic rings. The Morgan fingerprint density at radius 1 is 1.38 bits per heavy atom. The summed E-state index contributed by atoms with van der Waals surface area (Å²) in [5.74, 6) is -0.318. The molecule has 1 N–H and O–H groups in total. The van der Waals surface area contributed by atoms with Crippen molar-refractivity contribution in [2.45, 2.75) is 40.2 Å². The molecule has 0 bridgehead atoms. The van der Waals surface area contributed by atoms with Crippen molar-refractivity contribution in [2.24, 2.45) is 0 Å². The summed E-state index contributed by atoms with van der Waals surface area (Å²) in [6.07, 6.45) is 1.61. The minimum absolute atomic E-state index is 0.152. The first kappa shape index (κ1) is 14.5. The second-order valence-corrected chi connectivity index (χ2v) is 4.58. The lowest BCUT2D eigenvalue weighted by Gasteiger charge is -2.21. The molecular formula is C12H21N3O. The van der Waals surface area contributed by atoms with Gasteiger partial charge in [0.05, 0.1) is 0 Å². The normalized spacial score (nSPS) is 11.9. The molecule has 0 aromatic carbocycles. The average Bonchev–Trinajstić information content (AvgIpc) is 2.17. The lowest BCUT2D eigenvalue weighted by atomic mass is 10.1. The Hall–Kier alpha value is -1.50. The van der Waals surface area contributed by atoms with E-state index in [-0.39, 0.29) is 17.0 Å². The number of hydrogen-bond acceptors (Lipinski definition) is 3. The number of carbonyl (C=O) groups excluding carboxylic acids is 1. The van der Waals surface area contributed by atoms with Crippen LogP contribution in [-0.2, 0) is 4.79 Å². The van der Waals surface area contributed by atoms with E-state index in [0.717, 1.165) is 13.1 Å². The van der Waals surface area contributed by atoms with Crippen molar-refractivity contribution < 1.29 is 4.79 Å². The zero-order valence-corrected chi connectivity index (χ0v) is 10.8. The first-order valence-corrected chi connectivity index (χ1v) is 5.52. The summed E-state index contributed by atoms with van der Waals surface area (Å²) in [6.45, 7) is 11.2. The van der Waals surface area contributed by atoms with Crippen LogP contribution in [-0.4, -0.2) is 29.4 Å². The zero-order valence-electron chi connectivity index (χ0n) is 10.8. The Kier molecular flexibility index (Phi) is 5.59. The molecule has 0 aromatic rings. The minimum Gasteiger partial charge on any atom is -0.377 e. The fraction of sp³-hybridized carbons (Fsp3) is 0.667. The smallest absolute Gasteiger partial charge is 0.263 e. The van der Waals surface area contributed by atoms with Gasteiger partial charge in [-0.1, -0.05) is 0 Å². The molecule has 0 aliphatic heterocycles. The van der Waals surface area contributed by atoms with Crippen LogP contribution < -0.4 is 5.32 Å². The van der Waals surface area contributed by atoms with Crippen molar-refractivity contribution in [3.63, 3.8) is 0 Å². The highest BCUT2D eigenvalue weighted by molar-refractivity contribution is 5.97. The second kappa shape index (κ2) is 6.16. The van der Waals surface area contributed by atoms with Crippen LogP contribution in [0.5, 0.6) is 0 Å². The van der Waals surface area contributed by atoms with E-state index in [4.69, 9.17) is 5.26 Å². The van der Waals surface area contributed by atoms with Crippen molar-refractivity contribution in [1.82, 2.24) is 10.2 Å². The topological polar surface area (TPSA) is 56.1 Å². The van der Waals surface area contributed by atoms with Crippen LogP contribution in [0.3, 0.4) is 0 Å². The Labute approximate surface area is 97.9 Å². The van der Waals surface area contributed by atoms with Gasteiger partial charge in [-0.25, -0.2) is 0 Å². The monoisotopic (exact) mass is 223 g/mol. The Morgan fingerprint density at radius 2 is 1.88 bits per heavy atom. The maximum atomic E-state index is 11.7. The van der Waals surface area contributed by atoms with Gasteiger partial charge in [-0.2, -0.15) is 5.26 Å². The highest BCUT2D eigenvalue weighted by Gasteiger charge is 2.17. The van der Waals surface area contributed by atoms with Gasteiger partial charge in [0.15, 0.2) is 0 Å². The Balaban J connectivity index is 4.75. The molecule has 0 aromatic heterocycles. The maximum absolute atomic E-state index is 11.7. The molecule has 0 aliphatic carbocycles. The number of nitrogens with one attached hydrogen (secondary N) is 1. The maximum Gasteiger partial charge on any atom is 0.263 e. The summed E-state index contributed by atoms with van der Waals surface area (Å²) >= 11 is 0. The van der Waals surface area contributed by atoms with Gasteiger partial charge in [-0.15, -0.1) is 0 Å². The predicted octanol–water partition coefficient (Wildman–Crippen LogP) is 1.65. The van der Waals surface area contributed by atoms with E-state index >= 15 is 0 Å². The molecule has 1 amide bonds. The van der Waals surface area contributed by atoms with E-state index in [2.05, 4.69) is 5.32 Å². The SMILES string of the molecule is CCN(/C=C(/C#N)C(=O)NC(C)(C)C)CC. The fourth-order valence-corrected chi connectivity index (χ4v) is 1.13. The van der Waals surface area contributed by atoms with Gasteiger partial charge >= 0.3 is 0 Å². The molecule has 0 rings (SSSR count). The van der Waals surface area contributed by atoms with Crippen LogP contribution >= 0.6 is 0 Å². The highest BCUT2D eigenvalue weighted by atomic mass is 16.1. The standard InChI is InChI=1S/C12H21N3O/c1-6-15(7-2)9-10(8-13)11(16)14-12(3,4)5/h9H,6-7H2,1-5H3,(H,14,16)/b10-9-. The van der Waals surface area contributed by atoms with E-state index < -0.39 is 0 Å². The number of nitrogens with zero attached hydrogens (tertiary/aromatic N) is 2. The summed E-state index contributed by atoms with van der Waals surface area (Å²) in [4.78, 5) is 13.6.